The first-order chi connectivity index (χ1) is 12.9. The number of hydrogen-bond donors (Lipinski definition) is 1. The monoisotopic (exact) mass is 395 g/mol. The minimum atomic E-state index is -3.49. The smallest absolute Gasteiger partial charge is 0.407 e. The van der Waals surface area contributed by atoms with E-state index in [0.717, 1.165) is 0 Å². The van der Waals surface area contributed by atoms with E-state index in [-0.39, 0.29) is 34.9 Å². The zero-order valence-corrected chi connectivity index (χ0v) is 16.1. The maximum Gasteiger partial charge on any atom is 0.407 e. The molecule has 2 aliphatic heterocycles. The zero-order valence-electron chi connectivity index (χ0n) is 15.2. The van der Waals surface area contributed by atoms with E-state index in [9.17, 15) is 13.2 Å². The van der Waals surface area contributed by atoms with Gasteiger partial charge in [0.2, 0.25) is 0 Å². The van der Waals surface area contributed by atoms with E-state index in [1.165, 1.54) is 0 Å². The van der Waals surface area contributed by atoms with Crippen molar-refractivity contribution in [3.8, 4) is 0 Å². The van der Waals surface area contributed by atoms with Crippen LogP contribution in [0.2, 0.25) is 0 Å². The summed E-state index contributed by atoms with van der Waals surface area (Å²) in [6, 6.07) is 8.38. The summed E-state index contributed by atoms with van der Waals surface area (Å²) in [6.07, 6.45) is 0.856. The largest absolute Gasteiger partial charge is 0.444 e. The Balaban J connectivity index is 1.78. The summed E-state index contributed by atoms with van der Waals surface area (Å²) in [5, 5.41) is 2.61. The Morgan fingerprint density at radius 2 is 2.04 bits per heavy atom. The van der Waals surface area contributed by atoms with Gasteiger partial charge in [-0.2, -0.15) is 0 Å². The molecule has 0 bridgehead atoms. The highest BCUT2D eigenvalue weighted by Gasteiger charge is 2.47. The SMILES string of the molecule is C=CCC1O[C@H](C[C@H]2CNC(=O)O2)[C@H](OC)[C@H]1CS(=O)(=O)c1ccccc1. The fraction of sp³-hybridized carbons (Fsp3) is 0.526. The van der Waals surface area contributed by atoms with Crippen LogP contribution < -0.4 is 5.32 Å². The maximum absolute atomic E-state index is 12.9. The molecule has 7 nitrogen and oxygen atoms in total. The van der Waals surface area contributed by atoms with Gasteiger partial charge in [-0.05, 0) is 18.6 Å². The van der Waals surface area contributed by atoms with Gasteiger partial charge < -0.3 is 19.5 Å². The van der Waals surface area contributed by atoms with E-state index < -0.39 is 22.0 Å². The van der Waals surface area contributed by atoms with Gasteiger partial charge in [0.1, 0.15) is 6.10 Å². The highest BCUT2D eigenvalue weighted by Crippen LogP contribution is 2.36. The third kappa shape index (κ3) is 4.51. The molecule has 1 N–H and O–H groups in total. The molecule has 8 heteroatoms. The first kappa shape index (κ1) is 19.9. The van der Waals surface area contributed by atoms with Crippen LogP contribution in [0, 0.1) is 5.92 Å². The molecule has 2 fully saturated rings. The van der Waals surface area contributed by atoms with Crippen molar-refractivity contribution in [1.82, 2.24) is 5.32 Å². The van der Waals surface area contributed by atoms with Crippen LogP contribution in [0.4, 0.5) is 4.79 Å². The van der Waals surface area contributed by atoms with Crippen LogP contribution in [0.5, 0.6) is 0 Å². The average molecular weight is 395 g/mol. The molecule has 2 saturated heterocycles. The number of benzene rings is 1. The summed E-state index contributed by atoms with van der Waals surface area (Å²) in [5.74, 6) is -0.416. The molecule has 1 unspecified atom stereocenters. The molecule has 5 atom stereocenters. The van der Waals surface area contributed by atoms with Crippen LogP contribution in [-0.2, 0) is 24.0 Å². The summed E-state index contributed by atoms with van der Waals surface area (Å²) in [6.45, 7) is 4.16. The van der Waals surface area contributed by atoms with Crippen molar-refractivity contribution in [3.05, 3.63) is 43.0 Å². The summed E-state index contributed by atoms with van der Waals surface area (Å²) < 4.78 is 42.7. The van der Waals surface area contributed by atoms with Gasteiger partial charge in [-0.25, -0.2) is 13.2 Å². The van der Waals surface area contributed by atoms with E-state index in [1.807, 2.05) is 0 Å². The van der Waals surface area contributed by atoms with Gasteiger partial charge in [0.25, 0.3) is 0 Å². The number of carbonyl (C=O) groups is 1. The Morgan fingerprint density at radius 3 is 2.63 bits per heavy atom. The van der Waals surface area contributed by atoms with Crippen molar-refractivity contribution in [3.63, 3.8) is 0 Å². The summed E-state index contributed by atoms with van der Waals surface area (Å²) in [5.41, 5.74) is 0. The Bertz CT molecular complexity index is 766. The Hall–Kier alpha value is -1.90. The molecular formula is C19H25NO6S. The quantitative estimate of drug-likeness (QED) is 0.677. The first-order valence-electron chi connectivity index (χ1n) is 8.96. The molecule has 148 valence electrons. The summed E-state index contributed by atoms with van der Waals surface area (Å²) in [7, 11) is -1.94. The second-order valence-electron chi connectivity index (χ2n) is 6.84. The predicted octanol–water partition coefficient (Wildman–Crippen LogP) is 1.93. The summed E-state index contributed by atoms with van der Waals surface area (Å²) in [4.78, 5) is 11.5. The predicted molar refractivity (Wildman–Crippen MR) is 99.1 cm³/mol. The van der Waals surface area contributed by atoms with Crippen LogP contribution >= 0.6 is 0 Å². The van der Waals surface area contributed by atoms with Crippen LogP contribution in [0.3, 0.4) is 0 Å². The van der Waals surface area contributed by atoms with Crippen molar-refractivity contribution in [2.24, 2.45) is 5.92 Å². The molecule has 0 aliphatic carbocycles. The maximum atomic E-state index is 12.9. The third-order valence-corrected chi connectivity index (χ3v) is 6.86. The molecule has 27 heavy (non-hydrogen) atoms. The number of alkyl carbamates (subject to hydrolysis) is 1. The van der Waals surface area contributed by atoms with E-state index in [4.69, 9.17) is 14.2 Å². The van der Waals surface area contributed by atoms with Gasteiger partial charge in [-0.3, -0.25) is 0 Å². The number of methoxy groups -OCH3 is 1. The van der Waals surface area contributed by atoms with Crippen molar-refractivity contribution in [2.45, 2.75) is 42.2 Å². The van der Waals surface area contributed by atoms with Gasteiger partial charge in [-0.1, -0.05) is 24.3 Å². The van der Waals surface area contributed by atoms with Gasteiger partial charge in [0.15, 0.2) is 9.84 Å². The molecule has 3 rings (SSSR count). The Morgan fingerprint density at radius 1 is 1.30 bits per heavy atom. The fourth-order valence-electron chi connectivity index (χ4n) is 3.80. The fourth-order valence-corrected chi connectivity index (χ4v) is 5.48. The van der Waals surface area contributed by atoms with Crippen LogP contribution in [-0.4, -0.2) is 58.3 Å². The van der Waals surface area contributed by atoms with Crippen molar-refractivity contribution in [1.29, 1.82) is 0 Å². The molecule has 0 aromatic heterocycles. The minimum absolute atomic E-state index is 0.0762. The number of rotatable bonds is 8. The average Bonchev–Trinajstić information content (AvgIpc) is 3.19. The van der Waals surface area contributed by atoms with Gasteiger partial charge in [-0.15, -0.1) is 6.58 Å². The topological polar surface area (TPSA) is 90.9 Å². The number of amides is 1. The highest BCUT2D eigenvalue weighted by atomic mass is 32.2. The lowest BCUT2D eigenvalue weighted by Crippen LogP contribution is -2.36. The lowest BCUT2D eigenvalue weighted by atomic mass is 9.94. The van der Waals surface area contributed by atoms with E-state index >= 15 is 0 Å². The van der Waals surface area contributed by atoms with Crippen molar-refractivity contribution >= 4 is 15.9 Å². The van der Waals surface area contributed by atoms with E-state index in [0.29, 0.717) is 19.4 Å². The molecule has 1 aromatic carbocycles. The van der Waals surface area contributed by atoms with Crippen LogP contribution in [0.15, 0.2) is 47.9 Å². The van der Waals surface area contributed by atoms with Crippen LogP contribution in [0.1, 0.15) is 12.8 Å². The molecule has 2 heterocycles. The van der Waals surface area contributed by atoms with E-state index in [1.54, 1.807) is 43.5 Å². The van der Waals surface area contributed by atoms with Gasteiger partial charge >= 0.3 is 6.09 Å². The molecule has 1 aromatic rings. The highest BCUT2D eigenvalue weighted by molar-refractivity contribution is 7.91. The Kier molecular flexibility index (Phi) is 6.18. The molecule has 1 amide bonds. The van der Waals surface area contributed by atoms with Crippen molar-refractivity contribution in [2.75, 3.05) is 19.4 Å². The molecule has 0 spiro atoms. The number of cyclic esters (lactones) is 1. The third-order valence-electron chi connectivity index (χ3n) is 5.04. The Labute approximate surface area is 159 Å². The number of nitrogens with one attached hydrogen (secondary N) is 1. The molecule has 0 radical (unpaired) electrons. The second kappa shape index (κ2) is 8.41. The van der Waals surface area contributed by atoms with Crippen molar-refractivity contribution < 1.29 is 27.4 Å². The number of carbonyl (C=O) groups excluding carboxylic acids is 1. The van der Waals surface area contributed by atoms with Gasteiger partial charge in [0.05, 0.1) is 35.5 Å². The normalized spacial score (nSPS) is 30.7. The number of sulfone groups is 1. The first-order valence-corrected chi connectivity index (χ1v) is 10.6. The standard InChI is InChI=1S/C19H25NO6S/c1-3-7-16-15(12-27(22,23)14-8-5-4-6-9-14)18(24-2)17(26-16)10-13-11-20-19(21)25-13/h3-6,8-9,13,15-18H,1,7,10-12H2,2H3,(H,20,21)/t13-,15-,16?,17+,18+/m0/s1. The van der Waals surface area contributed by atoms with Gasteiger partial charge in [0, 0.05) is 19.4 Å². The number of ether oxygens (including phenoxy) is 3. The summed E-state index contributed by atoms with van der Waals surface area (Å²) >= 11 is 0. The number of hydrogen-bond acceptors (Lipinski definition) is 6. The lowest BCUT2D eigenvalue weighted by molar-refractivity contribution is -0.0267. The molecule has 2 aliphatic rings. The minimum Gasteiger partial charge on any atom is -0.444 e. The molecular weight excluding hydrogens is 370 g/mol. The van der Waals surface area contributed by atoms with Crippen LogP contribution in [0.25, 0.3) is 0 Å². The van der Waals surface area contributed by atoms with E-state index in [2.05, 4.69) is 11.9 Å². The molecule has 0 saturated carbocycles. The lowest BCUT2D eigenvalue weighted by Gasteiger charge is -2.23. The second-order valence-corrected chi connectivity index (χ2v) is 8.87. The zero-order chi connectivity index (χ0) is 19.4.